The number of benzene rings is 3. The molecule has 220 valence electrons. The number of amides is 1. The molecule has 0 fully saturated rings. The molecular formula is C32H34F2N4O3S. The Labute approximate surface area is 245 Å². The molecule has 0 unspecified atom stereocenters. The van der Waals surface area contributed by atoms with Gasteiger partial charge in [0.25, 0.3) is 0 Å². The summed E-state index contributed by atoms with van der Waals surface area (Å²) in [7, 11) is -1.92. The van der Waals surface area contributed by atoms with Crippen LogP contribution in [0.1, 0.15) is 66.2 Å². The highest BCUT2D eigenvalue weighted by atomic mass is 32.2. The van der Waals surface area contributed by atoms with Gasteiger partial charge in [-0.3, -0.25) is 4.79 Å². The largest absolute Gasteiger partial charge is 0.337 e. The fourth-order valence-corrected chi connectivity index (χ4v) is 6.62. The van der Waals surface area contributed by atoms with E-state index in [0.29, 0.717) is 23.5 Å². The number of hydrogen-bond donors (Lipinski definition) is 1. The van der Waals surface area contributed by atoms with Gasteiger partial charge in [0, 0.05) is 37.6 Å². The second-order valence-electron chi connectivity index (χ2n) is 11.0. The van der Waals surface area contributed by atoms with E-state index in [9.17, 15) is 22.0 Å². The molecule has 4 aromatic rings. The number of sulfonamides is 1. The Morgan fingerprint density at radius 1 is 1.10 bits per heavy atom. The van der Waals surface area contributed by atoms with Crippen molar-refractivity contribution in [3.05, 3.63) is 113 Å². The van der Waals surface area contributed by atoms with Crippen LogP contribution in [0.15, 0.2) is 78.0 Å². The minimum atomic E-state index is -3.77. The van der Waals surface area contributed by atoms with Crippen LogP contribution in [-0.2, 0) is 34.8 Å². The fraction of sp³-hybridized carbons (Fsp3) is 0.312. The summed E-state index contributed by atoms with van der Waals surface area (Å²) in [6.45, 7) is 3.89. The molecular weight excluding hydrogens is 558 g/mol. The van der Waals surface area contributed by atoms with Gasteiger partial charge in [-0.25, -0.2) is 26.9 Å². The summed E-state index contributed by atoms with van der Waals surface area (Å²) >= 11 is 0. The first-order valence-corrected chi connectivity index (χ1v) is 15.4. The van der Waals surface area contributed by atoms with Crippen LogP contribution in [0.3, 0.4) is 0 Å². The number of rotatable bonds is 9. The van der Waals surface area contributed by atoms with Gasteiger partial charge in [0.2, 0.25) is 15.9 Å². The zero-order chi connectivity index (χ0) is 30.0. The van der Waals surface area contributed by atoms with E-state index in [2.05, 4.69) is 9.71 Å². The van der Waals surface area contributed by atoms with Crippen molar-refractivity contribution in [2.24, 2.45) is 7.05 Å². The lowest BCUT2D eigenvalue weighted by molar-refractivity contribution is -0.119. The Morgan fingerprint density at radius 2 is 1.86 bits per heavy atom. The van der Waals surface area contributed by atoms with Gasteiger partial charge >= 0.3 is 0 Å². The Kier molecular flexibility index (Phi) is 8.56. The van der Waals surface area contributed by atoms with Crippen LogP contribution in [0.5, 0.6) is 0 Å². The minimum absolute atomic E-state index is 0.0516. The number of carbonyl (C=O) groups excluding carboxylic acids is 1. The standard InChI is InChI=1S/C32H34F2N4O3S/c1-21-7-12-26(13-8-21)42(40,41)36-30-6-4-5-23-9-11-25(19-27(23)30)38(20-31-35-15-16-37(31)3)32(39)17-22(2)24-10-14-28(33)29(34)18-24/h7-16,18-19,22,30,36H,4-6,17,20H2,1-3H3/t22-,30+/m0/s1. The topological polar surface area (TPSA) is 84.3 Å². The summed E-state index contributed by atoms with van der Waals surface area (Å²) in [4.78, 5) is 20.0. The lowest BCUT2D eigenvalue weighted by Crippen LogP contribution is -2.34. The molecule has 1 aliphatic rings. The SMILES string of the molecule is Cc1ccc(S(=O)(=O)N[C@@H]2CCCc3ccc(N(Cc4nccn4C)C(=O)C[C@H](C)c4ccc(F)c(F)c4)cc32)cc1. The van der Waals surface area contributed by atoms with Gasteiger partial charge in [0.1, 0.15) is 5.82 Å². The number of nitrogens with zero attached hydrogens (tertiary/aromatic N) is 3. The lowest BCUT2D eigenvalue weighted by atomic mass is 9.87. The van der Waals surface area contributed by atoms with E-state index in [1.807, 2.05) is 36.7 Å². The Morgan fingerprint density at radius 3 is 2.55 bits per heavy atom. The van der Waals surface area contributed by atoms with Crippen molar-refractivity contribution in [3.63, 3.8) is 0 Å². The minimum Gasteiger partial charge on any atom is -0.337 e. The van der Waals surface area contributed by atoms with E-state index in [4.69, 9.17) is 0 Å². The predicted octanol–water partition coefficient (Wildman–Crippen LogP) is 6.09. The number of imidazole rings is 1. The maximum absolute atomic E-state index is 13.9. The summed E-state index contributed by atoms with van der Waals surface area (Å²) in [5.41, 5.74) is 3.97. The molecule has 3 aromatic carbocycles. The van der Waals surface area contributed by atoms with Crippen molar-refractivity contribution in [2.75, 3.05) is 4.90 Å². The van der Waals surface area contributed by atoms with Crippen molar-refractivity contribution in [1.82, 2.24) is 14.3 Å². The van der Waals surface area contributed by atoms with Crippen molar-refractivity contribution in [1.29, 1.82) is 0 Å². The Hall–Kier alpha value is -3.89. The molecule has 0 radical (unpaired) electrons. The third-order valence-corrected chi connectivity index (χ3v) is 9.39. The Bertz CT molecular complexity index is 1700. The monoisotopic (exact) mass is 592 g/mol. The van der Waals surface area contributed by atoms with E-state index in [1.165, 1.54) is 6.07 Å². The highest BCUT2D eigenvalue weighted by Crippen LogP contribution is 2.35. The van der Waals surface area contributed by atoms with Crippen LogP contribution in [0, 0.1) is 18.6 Å². The number of halogens is 2. The second kappa shape index (κ2) is 12.1. The van der Waals surface area contributed by atoms with Crippen LogP contribution >= 0.6 is 0 Å². The average molecular weight is 593 g/mol. The number of aryl methyl sites for hydroxylation is 3. The molecule has 7 nitrogen and oxygen atoms in total. The van der Waals surface area contributed by atoms with Gasteiger partial charge in [-0.2, -0.15) is 0 Å². The Balaban J connectivity index is 1.46. The summed E-state index contributed by atoms with van der Waals surface area (Å²) in [6, 6.07) is 15.7. The van der Waals surface area contributed by atoms with Crippen molar-refractivity contribution >= 4 is 21.6 Å². The first kappa shape index (κ1) is 29.6. The third-order valence-electron chi connectivity index (χ3n) is 7.90. The summed E-state index contributed by atoms with van der Waals surface area (Å²) in [5, 5.41) is 0. The van der Waals surface area contributed by atoms with Crippen molar-refractivity contribution < 1.29 is 22.0 Å². The zero-order valence-electron chi connectivity index (χ0n) is 23.8. The molecule has 0 saturated heterocycles. The van der Waals surface area contributed by atoms with Crippen LogP contribution in [0.2, 0.25) is 0 Å². The summed E-state index contributed by atoms with van der Waals surface area (Å²) < 4.78 is 58.7. The van der Waals surface area contributed by atoms with Crippen LogP contribution in [0.4, 0.5) is 14.5 Å². The molecule has 0 bridgehead atoms. The van der Waals surface area contributed by atoms with E-state index >= 15 is 0 Å². The van der Waals surface area contributed by atoms with E-state index in [1.54, 1.807) is 48.5 Å². The molecule has 10 heteroatoms. The average Bonchev–Trinajstić information content (AvgIpc) is 3.37. The molecule has 1 amide bonds. The van der Waals surface area contributed by atoms with Gasteiger partial charge in [-0.15, -0.1) is 0 Å². The molecule has 1 N–H and O–H groups in total. The second-order valence-corrected chi connectivity index (χ2v) is 12.7. The maximum atomic E-state index is 13.9. The van der Waals surface area contributed by atoms with E-state index in [0.717, 1.165) is 41.7 Å². The quantitative estimate of drug-likeness (QED) is 0.255. The molecule has 5 rings (SSSR count). The fourth-order valence-electron chi connectivity index (χ4n) is 5.37. The number of hydrogen-bond acceptors (Lipinski definition) is 4. The summed E-state index contributed by atoms with van der Waals surface area (Å²) in [5.74, 6) is -1.81. The van der Waals surface area contributed by atoms with Crippen molar-refractivity contribution in [3.8, 4) is 0 Å². The smallest absolute Gasteiger partial charge is 0.241 e. The maximum Gasteiger partial charge on any atom is 0.241 e. The van der Waals surface area contributed by atoms with Crippen LogP contribution in [0.25, 0.3) is 0 Å². The van der Waals surface area contributed by atoms with Gasteiger partial charge in [-0.1, -0.05) is 36.8 Å². The zero-order valence-corrected chi connectivity index (χ0v) is 24.7. The normalized spacial score (nSPS) is 15.7. The molecule has 42 heavy (non-hydrogen) atoms. The first-order valence-electron chi connectivity index (χ1n) is 13.9. The first-order chi connectivity index (χ1) is 20.0. The number of fused-ring (bicyclic) bond motifs is 1. The van der Waals surface area contributed by atoms with Crippen LogP contribution < -0.4 is 9.62 Å². The van der Waals surface area contributed by atoms with E-state index in [-0.39, 0.29) is 29.7 Å². The molecule has 2 atom stereocenters. The lowest BCUT2D eigenvalue weighted by Gasteiger charge is -2.30. The number of carbonyl (C=O) groups is 1. The van der Waals surface area contributed by atoms with E-state index < -0.39 is 27.7 Å². The number of aromatic nitrogens is 2. The molecule has 0 spiro atoms. The highest BCUT2D eigenvalue weighted by molar-refractivity contribution is 7.89. The molecule has 0 saturated carbocycles. The summed E-state index contributed by atoms with van der Waals surface area (Å²) in [6.07, 6.45) is 5.77. The number of nitrogens with one attached hydrogen (secondary N) is 1. The highest BCUT2D eigenvalue weighted by Gasteiger charge is 2.28. The predicted molar refractivity (Wildman–Crippen MR) is 157 cm³/mol. The molecule has 1 heterocycles. The molecule has 1 aliphatic carbocycles. The van der Waals surface area contributed by atoms with Gasteiger partial charge in [0.05, 0.1) is 11.4 Å². The molecule has 1 aromatic heterocycles. The van der Waals surface area contributed by atoms with Crippen LogP contribution in [-0.4, -0.2) is 23.9 Å². The van der Waals surface area contributed by atoms with Crippen molar-refractivity contribution in [2.45, 2.75) is 62.9 Å². The van der Waals surface area contributed by atoms with Gasteiger partial charge in [0.15, 0.2) is 11.6 Å². The van der Waals surface area contributed by atoms with Gasteiger partial charge in [-0.05, 0) is 85.2 Å². The number of anilines is 1. The van der Waals surface area contributed by atoms with Gasteiger partial charge < -0.3 is 9.47 Å². The molecule has 0 aliphatic heterocycles. The third kappa shape index (κ3) is 6.44.